The van der Waals surface area contributed by atoms with Crippen LogP contribution in [-0.2, 0) is 9.59 Å². The van der Waals surface area contributed by atoms with Crippen molar-refractivity contribution in [1.29, 1.82) is 0 Å². The Morgan fingerprint density at radius 2 is 1.35 bits per heavy atom. The first-order valence-corrected chi connectivity index (χ1v) is 5.37. The molecule has 2 bridgehead atoms. The molecule has 2 saturated carbocycles. The molecule has 2 amide bonds. The van der Waals surface area contributed by atoms with Gasteiger partial charge in [-0.1, -0.05) is 0 Å². The highest BCUT2D eigenvalue weighted by Gasteiger charge is 2.52. The molecule has 0 aliphatic heterocycles. The summed E-state index contributed by atoms with van der Waals surface area (Å²) >= 11 is 0. The van der Waals surface area contributed by atoms with E-state index in [1.165, 1.54) is 0 Å². The van der Waals surface area contributed by atoms with Crippen molar-refractivity contribution in [3.63, 3.8) is 0 Å². The lowest BCUT2D eigenvalue weighted by Gasteiger charge is -2.26. The highest BCUT2D eigenvalue weighted by atomic mass is 16.2. The second-order valence-corrected chi connectivity index (χ2v) is 4.44. The number of nitrogens with zero attached hydrogens (tertiary/aromatic N) is 6. The van der Waals surface area contributed by atoms with Crippen LogP contribution in [0.5, 0.6) is 0 Å². The van der Waals surface area contributed by atoms with Gasteiger partial charge in [0.15, 0.2) is 0 Å². The predicted molar refractivity (Wildman–Crippen MR) is 56.1 cm³/mol. The highest BCUT2D eigenvalue weighted by Crippen LogP contribution is 2.53. The number of hydrogen-bond donors (Lipinski definition) is 0. The van der Waals surface area contributed by atoms with Crippen LogP contribution in [0.4, 0.5) is 0 Å². The molecule has 4 atom stereocenters. The van der Waals surface area contributed by atoms with Gasteiger partial charge in [-0.05, 0) is 52.4 Å². The summed E-state index contributed by atoms with van der Waals surface area (Å²) in [6, 6.07) is 0. The smallest absolute Gasteiger partial charge is 0.223 e. The third-order valence-electron chi connectivity index (χ3n) is 3.77. The Balaban J connectivity index is 2.28. The van der Waals surface area contributed by atoms with Gasteiger partial charge in [0.25, 0.3) is 0 Å². The van der Waals surface area contributed by atoms with Crippen molar-refractivity contribution >= 4 is 11.8 Å². The Hall–Kier alpha value is -2.04. The average Bonchev–Trinajstić information content (AvgIpc) is 2.89. The zero-order valence-electron chi connectivity index (χ0n) is 8.93. The van der Waals surface area contributed by atoms with E-state index in [0.717, 1.165) is 19.3 Å². The van der Waals surface area contributed by atoms with E-state index < -0.39 is 23.7 Å². The largest absolute Gasteiger partial charge is 0.292 e. The first-order valence-electron chi connectivity index (χ1n) is 5.37. The topological polar surface area (TPSA) is 132 Å². The van der Waals surface area contributed by atoms with E-state index in [1.807, 2.05) is 0 Å². The summed E-state index contributed by atoms with van der Waals surface area (Å²) in [6.07, 6.45) is 2.50. The maximum Gasteiger partial charge on any atom is 0.223 e. The molecule has 2 fully saturated rings. The van der Waals surface area contributed by atoms with Crippen LogP contribution in [0.25, 0.3) is 20.9 Å². The van der Waals surface area contributed by atoms with Crippen LogP contribution in [0, 0.1) is 23.7 Å². The molecule has 2 rings (SSSR count). The van der Waals surface area contributed by atoms with E-state index >= 15 is 0 Å². The molecule has 0 spiro atoms. The van der Waals surface area contributed by atoms with Crippen molar-refractivity contribution in [3.8, 4) is 0 Å². The van der Waals surface area contributed by atoms with Gasteiger partial charge in [-0.15, -0.1) is 0 Å². The van der Waals surface area contributed by atoms with Gasteiger partial charge in [-0.25, -0.2) is 0 Å². The normalized spacial score (nSPS) is 33.6. The van der Waals surface area contributed by atoms with Crippen LogP contribution in [0.15, 0.2) is 10.2 Å². The molecular weight excluding hydrogens is 224 g/mol. The molecule has 0 saturated heterocycles. The van der Waals surface area contributed by atoms with Crippen molar-refractivity contribution in [3.05, 3.63) is 20.9 Å². The minimum atomic E-state index is -0.605. The van der Waals surface area contributed by atoms with Crippen LogP contribution in [0.3, 0.4) is 0 Å². The second kappa shape index (κ2) is 4.45. The van der Waals surface area contributed by atoms with Crippen molar-refractivity contribution in [2.24, 2.45) is 33.9 Å². The number of carbonyl (C=O) groups is 2. The molecule has 8 heteroatoms. The lowest BCUT2D eigenvalue weighted by molar-refractivity contribution is -0.133. The molecule has 0 aromatic heterocycles. The Bertz CT molecular complexity index is 420. The lowest BCUT2D eigenvalue weighted by Crippen LogP contribution is -2.33. The van der Waals surface area contributed by atoms with Crippen LogP contribution < -0.4 is 0 Å². The zero-order chi connectivity index (χ0) is 12.4. The maximum atomic E-state index is 11.6. The fraction of sp³-hybridized carbons (Fsp3) is 0.778. The molecule has 0 heterocycles. The average molecular weight is 234 g/mol. The van der Waals surface area contributed by atoms with Crippen LogP contribution in [0.2, 0.25) is 0 Å². The Morgan fingerprint density at radius 3 is 1.71 bits per heavy atom. The first-order chi connectivity index (χ1) is 8.19. The third kappa shape index (κ3) is 1.84. The van der Waals surface area contributed by atoms with Crippen molar-refractivity contribution in [1.82, 2.24) is 0 Å². The number of azide groups is 2. The molecule has 0 unspecified atom stereocenters. The molecule has 8 nitrogen and oxygen atoms in total. The van der Waals surface area contributed by atoms with E-state index in [2.05, 4.69) is 20.1 Å². The Labute approximate surface area is 96.2 Å². The van der Waals surface area contributed by atoms with E-state index in [0.29, 0.717) is 0 Å². The number of amides is 2. The number of hydrogen-bond acceptors (Lipinski definition) is 2. The number of rotatable bonds is 2. The maximum absolute atomic E-state index is 11.6. The Morgan fingerprint density at radius 1 is 0.941 bits per heavy atom. The van der Waals surface area contributed by atoms with Gasteiger partial charge in [-0.2, -0.15) is 0 Å². The molecule has 17 heavy (non-hydrogen) atoms. The summed E-state index contributed by atoms with van der Waals surface area (Å²) in [6.45, 7) is 0. The highest BCUT2D eigenvalue weighted by molar-refractivity contribution is 5.89. The summed E-state index contributed by atoms with van der Waals surface area (Å²) in [5.74, 6) is -2.23. The van der Waals surface area contributed by atoms with Gasteiger partial charge < -0.3 is 0 Å². The van der Waals surface area contributed by atoms with Gasteiger partial charge in [0, 0.05) is 21.7 Å². The quantitative estimate of drug-likeness (QED) is 0.412. The van der Waals surface area contributed by atoms with Crippen molar-refractivity contribution < 1.29 is 9.59 Å². The summed E-state index contributed by atoms with van der Waals surface area (Å²) in [5, 5.41) is 6.15. The number of carbonyl (C=O) groups excluding carboxylic acids is 2. The molecule has 0 aromatic carbocycles. The van der Waals surface area contributed by atoms with E-state index in [9.17, 15) is 9.59 Å². The standard InChI is InChI=1S/C9H10N6O2/c10-14-12-8(16)6-4-1-2-5(3-4)7(6)9(17)13-15-11/h4-7H,1-3H2/t4-,5+,6-,7-/m1/s1. The molecule has 2 aliphatic carbocycles. The molecule has 0 aromatic rings. The van der Waals surface area contributed by atoms with Gasteiger partial charge in [-0.3, -0.25) is 9.59 Å². The van der Waals surface area contributed by atoms with Crippen molar-refractivity contribution in [2.45, 2.75) is 19.3 Å². The fourth-order valence-electron chi connectivity index (χ4n) is 3.22. The predicted octanol–water partition coefficient (Wildman–Crippen LogP) is 2.32. The fourth-order valence-corrected chi connectivity index (χ4v) is 3.22. The summed E-state index contributed by atoms with van der Waals surface area (Å²) in [5.41, 5.74) is 16.5. The monoisotopic (exact) mass is 234 g/mol. The first kappa shape index (κ1) is 11.4. The Kier molecular flexibility index (Phi) is 2.99. The molecule has 0 N–H and O–H groups in total. The minimum Gasteiger partial charge on any atom is -0.292 e. The van der Waals surface area contributed by atoms with Gasteiger partial charge in [0.05, 0.1) is 0 Å². The van der Waals surface area contributed by atoms with Crippen LogP contribution >= 0.6 is 0 Å². The van der Waals surface area contributed by atoms with E-state index in [1.54, 1.807) is 0 Å². The molecule has 88 valence electrons. The minimum absolute atomic E-state index is 0.0841. The summed E-state index contributed by atoms with van der Waals surface area (Å²) in [7, 11) is 0. The molecule has 2 aliphatic rings. The lowest BCUT2D eigenvalue weighted by atomic mass is 9.78. The summed E-state index contributed by atoms with van der Waals surface area (Å²) in [4.78, 5) is 28.2. The van der Waals surface area contributed by atoms with Crippen LogP contribution in [0.1, 0.15) is 19.3 Å². The number of fused-ring (bicyclic) bond motifs is 2. The SMILES string of the molecule is [N-]=[N+]=NC(=O)[C@@H]1[C@@H]2CC[C@@H](C2)[C@H]1C(=O)N=[N+]=[N-]. The van der Waals surface area contributed by atoms with Gasteiger partial charge in [0.1, 0.15) is 0 Å². The zero-order valence-corrected chi connectivity index (χ0v) is 8.93. The molecular formula is C9H10N6O2. The van der Waals surface area contributed by atoms with E-state index in [-0.39, 0.29) is 11.8 Å². The summed E-state index contributed by atoms with van der Waals surface area (Å²) < 4.78 is 0. The van der Waals surface area contributed by atoms with Crippen LogP contribution in [-0.4, -0.2) is 11.8 Å². The second-order valence-electron chi connectivity index (χ2n) is 4.44. The van der Waals surface area contributed by atoms with Gasteiger partial charge >= 0.3 is 0 Å². The van der Waals surface area contributed by atoms with E-state index in [4.69, 9.17) is 11.1 Å². The van der Waals surface area contributed by atoms with Gasteiger partial charge in [0.2, 0.25) is 11.8 Å². The third-order valence-corrected chi connectivity index (χ3v) is 3.77. The molecule has 0 radical (unpaired) electrons. The van der Waals surface area contributed by atoms with Crippen molar-refractivity contribution in [2.75, 3.05) is 0 Å².